The Bertz CT molecular complexity index is 1480. The van der Waals surface area contributed by atoms with Crippen LogP contribution in [0, 0.1) is 0 Å². The first-order valence-corrected chi connectivity index (χ1v) is 13.7. The molecule has 0 bridgehead atoms. The van der Waals surface area contributed by atoms with Gasteiger partial charge in [0, 0.05) is 24.9 Å². The van der Waals surface area contributed by atoms with Crippen LogP contribution in [0.4, 0.5) is 0 Å². The first-order valence-electron chi connectivity index (χ1n) is 11.3. The standard InChI is InChI=1S/C27H24Br3N3O3/c1-4-16(2)26-32-23-10-9-20(29)12-22(23)27(34)33(26)31-14-18-11-21(30)13-24(35-3)25(18)36-15-17-5-7-19(28)8-6-17/h5-14,16H,4,15H2,1-3H3/t16-/m1/s1. The van der Waals surface area contributed by atoms with E-state index in [2.05, 4.69) is 59.8 Å². The number of hydrogen-bond donors (Lipinski definition) is 0. The average molecular weight is 678 g/mol. The summed E-state index contributed by atoms with van der Waals surface area (Å²) in [4.78, 5) is 18.3. The first-order chi connectivity index (χ1) is 17.3. The Morgan fingerprint density at radius 2 is 1.75 bits per heavy atom. The minimum Gasteiger partial charge on any atom is -0.493 e. The molecule has 186 valence electrons. The predicted molar refractivity (Wildman–Crippen MR) is 155 cm³/mol. The molecule has 4 aromatic rings. The topological polar surface area (TPSA) is 65.7 Å². The predicted octanol–water partition coefficient (Wildman–Crippen LogP) is 7.67. The van der Waals surface area contributed by atoms with Gasteiger partial charge in [-0.05, 0) is 54.4 Å². The van der Waals surface area contributed by atoms with E-state index in [9.17, 15) is 4.79 Å². The molecule has 0 aliphatic heterocycles. The van der Waals surface area contributed by atoms with Gasteiger partial charge in [0.15, 0.2) is 11.5 Å². The SMILES string of the molecule is CC[C@@H](C)c1nc2ccc(Br)cc2c(=O)n1N=Cc1cc(Br)cc(OC)c1OCc1ccc(Br)cc1. The van der Waals surface area contributed by atoms with Crippen molar-refractivity contribution in [3.05, 3.63) is 95.3 Å². The number of rotatable bonds is 8. The quantitative estimate of drug-likeness (QED) is 0.180. The molecule has 0 saturated heterocycles. The second kappa shape index (κ2) is 11.7. The summed E-state index contributed by atoms with van der Waals surface area (Å²) < 4.78 is 15.8. The Morgan fingerprint density at radius 3 is 2.44 bits per heavy atom. The van der Waals surface area contributed by atoms with Gasteiger partial charge in [-0.25, -0.2) is 4.98 Å². The van der Waals surface area contributed by atoms with Crippen LogP contribution in [0.3, 0.4) is 0 Å². The average Bonchev–Trinajstić information content (AvgIpc) is 2.87. The van der Waals surface area contributed by atoms with Crippen molar-refractivity contribution in [2.75, 3.05) is 7.11 Å². The highest BCUT2D eigenvalue weighted by atomic mass is 79.9. The van der Waals surface area contributed by atoms with Crippen molar-refractivity contribution in [1.82, 2.24) is 9.66 Å². The van der Waals surface area contributed by atoms with Crippen molar-refractivity contribution in [2.24, 2.45) is 5.10 Å². The maximum absolute atomic E-state index is 13.5. The summed E-state index contributed by atoms with van der Waals surface area (Å²) in [5, 5.41) is 5.10. The number of nitrogens with zero attached hydrogens (tertiary/aromatic N) is 3. The molecule has 4 rings (SSSR count). The maximum Gasteiger partial charge on any atom is 0.282 e. The van der Waals surface area contributed by atoms with Crippen LogP contribution in [0.1, 0.15) is 43.1 Å². The molecule has 0 spiro atoms. The van der Waals surface area contributed by atoms with E-state index in [1.807, 2.05) is 55.5 Å². The van der Waals surface area contributed by atoms with Crippen molar-refractivity contribution >= 4 is 64.9 Å². The Balaban J connectivity index is 1.80. The van der Waals surface area contributed by atoms with Gasteiger partial charge < -0.3 is 9.47 Å². The summed E-state index contributed by atoms with van der Waals surface area (Å²) in [6.07, 6.45) is 2.43. The van der Waals surface area contributed by atoms with Crippen molar-refractivity contribution < 1.29 is 9.47 Å². The molecule has 9 heteroatoms. The molecule has 0 saturated carbocycles. The molecule has 3 aromatic carbocycles. The van der Waals surface area contributed by atoms with Gasteiger partial charge in [0.2, 0.25) is 0 Å². The third-order valence-electron chi connectivity index (χ3n) is 5.76. The van der Waals surface area contributed by atoms with Crippen molar-refractivity contribution in [3.8, 4) is 11.5 Å². The minimum atomic E-state index is -0.229. The zero-order valence-electron chi connectivity index (χ0n) is 20.0. The third-order valence-corrected chi connectivity index (χ3v) is 7.24. The van der Waals surface area contributed by atoms with Gasteiger partial charge in [0.25, 0.3) is 5.56 Å². The molecule has 0 aliphatic carbocycles. The lowest BCUT2D eigenvalue weighted by molar-refractivity contribution is 0.284. The van der Waals surface area contributed by atoms with Crippen LogP contribution >= 0.6 is 47.8 Å². The van der Waals surface area contributed by atoms with Crippen LogP contribution in [0.25, 0.3) is 10.9 Å². The number of aromatic nitrogens is 2. The molecule has 0 fully saturated rings. The number of benzene rings is 3. The lowest BCUT2D eigenvalue weighted by Gasteiger charge is -2.16. The molecule has 1 aromatic heterocycles. The van der Waals surface area contributed by atoms with Crippen molar-refractivity contribution in [2.45, 2.75) is 32.8 Å². The minimum absolute atomic E-state index is 0.0352. The van der Waals surface area contributed by atoms with E-state index in [0.29, 0.717) is 40.4 Å². The molecule has 6 nitrogen and oxygen atoms in total. The number of hydrogen-bond acceptors (Lipinski definition) is 5. The highest BCUT2D eigenvalue weighted by molar-refractivity contribution is 9.11. The van der Waals surface area contributed by atoms with Crippen molar-refractivity contribution in [1.29, 1.82) is 0 Å². The van der Waals surface area contributed by atoms with E-state index in [1.165, 1.54) is 4.68 Å². The third kappa shape index (κ3) is 5.90. The van der Waals surface area contributed by atoms with Crippen LogP contribution in [0.2, 0.25) is 0 Å². The second-order valence-corrected chi connectivity index (χ2v) is 11.0. The van der Waals surface area contributed by atoms with Crippen molar-refractivity contribution in [3.63, 3.8) is 0 Å². The zero-order chi connectivity index (χ0) is 25.8. The van der Waals surface area contributed by atoms with Crippen LogP contribution in [-0.4, -0.2) is 23.0 Å². The van der Waals surface area contributed by atoms with Crippen LogP contribution in [0.5, 0.6) is 11.5 Å². The number of methoxy groups -OCH3 is 1. The van der Waals surface area contributed by atoms with Crippen LogP contribution in [0.15, 0.2) is 77.9 Å². The van der Waals surface area contributed by atoms with Gasteiger partial charge in [0.1, 0.15) is 12.4 Å². The fourth-order valence-corrected chi connectivity index (χ4v) is 4.71. The fraction of sp³-hybridized carbons (Fsp3) is 0.222. The van der Waals surface area contributed by atoms with E-state index in [0.717, 1.165) is 25.4 Å². The van der Waals surface area contributed by atoms with Crippen LogP contribution < -0.4 is 15.0 Å². The molecule has 0 aliphatic rings. The normalized spacial score (nSPS) is 12.3. The van der Waals surface area contributed by atoms with Gasteiger partial charge in [-0.15, -0.1) is 0 Å². The molecule has 1 atom stereocenters. The summed E-state index contributed by atoms with van der Waals surface area (Å²) >= 11 is 10.4. The first kappa shape index (κ1) is 26.6. The van der Waals surface area contributed by atoms with Gasteiger partial charge in [-0.3, -0.25) is 4.79 Å². The fourth-order valence-electron chi connectivity index (χ4n) is 3.63. The molecule has 36 heavy (non-hydrogen) atoms. The lowest BCUT2D eigenvalue weighted by atomic mass is 10.1. The summed E-state index contributed by atoms with van der Waals surface area (Å²) in [6, 6.07) is 17.1. The lowest BCUT2D eigenvalue weighted by Crippen LogP contribution is -2.23. The summed E-state index contributed by atoms with van der Waals surface area (Å²) in [7, 11) is 1.59. The van der Waals surface area contributed by atoms with E-state index in [4.69, 9.17) is 14.5 Å². The van der Waals surface area contributed by atoms with Gasteiger partial charge in [-0.2, -0.15) is 9.78 Å². The number of halogens is 3. The van der Waals surface area contributed by atoms with Gasteiger partial charge in [0.05, 0.1) is 24.2 Å². The number of ether oxygens (including phenoxy) is 2. The summed E-state index contributed by atoms with van der Waals surface area (Å²) in [5.74, 6) is 1.72. The highest BCUT2D eigenvalue weighted by Crippen LogP contribution is 2.35. The van der Waals surface area contributed by atoms with Gasteiger partial charge >= 0.3 is 0 Å². The highest BCUT2D eigenvalue weighted by Gasteiger charge is 2.17. The van der Waals surface area contributed by atoms with Gasteiger partial charge in [-0.1, -0.05) is 73.8 Å². The van der Waals surface area contributed by atoms with E-state index in [1.54, 1.807) is 19.4 Å². The Kier molecular flexibility index (Phi) is 8.64. The molecular weight excluding hydrogens is 654 g/mol. The van der Waals surface area contributed by atoms with E-state index in [-0.39, 0.29) is 11.5 Å². The second-order valence-electron chi connectivity index (χ2n) is 8.24. The number of fused-ring (bicyclic) bond motifs is 1. The molecule has 0 unspecified atom stereocenters. The monoisotopic (exact) mass is 675 g/mol. The summed E-state index contributed by atoms with van der Waals surface area (Å²) in [6.45, 7) is 4.44. The van der Waals surface area contributed by atoms with Crippen LogP contribution in [-0.2, 0) is 6.61 Å². The molecule has 0 amide bonds. The van der Waals surface area contributed by atoms with E-state index >= 15 is 0 Å². The maximum atomic E-state index is 13.5. The molecule has 1 heterocycles. The molecule has 0 radical (unpaired) electrons. The molecule has 0 N–H and O–H groups in total. The Morgan fingerprint density at radius 1 is 1.03 bits per heavy atom. The summed E-state index contributed by atoms with van der Waals surface area (Å²) in [5.41, 5.74) is 2.08. The van der Waals surface area contributed by atoms with E-state index < -0.39 is 0 Å². The Hall–Kier alpha value is -2.49. The smallest absolute Gasteiger partial charge is 0.282 e. The molecular formula is C27H24Br3N3O3. The largest absolute Gasteiger partial charge is 0.493 e. The zero-order valence-corrected chi connectivity index (χ0v) is 24.7. The Labute approximate surface area is 234 Å².